The van der Waals surface area contributed by atoms with Crippen molar-refractivity contribution in [2.24, 2.45) is 11.3 Å². The van der Waals surface area contributed by atoms with Gasteiger partial charge in [0.05, 0.1) is 0 Å². The highest BCUT2D eigenvalue weighted by Crippen LogP contribution is 2.37. The Bertz CT molecular complexity index is 616. The predicted molar refractivity (Wildman–Crippen MR) is 93.1 cm³/mol. The summed E-state index contributed by atoms with van der Waals surface area (Å²) in [7, 11) is 0. The standard InChI is InChI=1S/C18H27F2N3O3/c1-17(2,3)13(21)10-14(24)22-15(25)12-6-9-23(12)16(26)11-4-7-18(19,20)8-5-11/h10-12,21,24H,4-9H2,1-3H3,(H,22,25)/b14-10-,21-13?/t12-/m0/s1. The normalized spacial score (nSPS) is 24.0. The van der Waals surface area contributed by atoms with Crippen LogP contribution in [-0.2, 0) is 9.59 Å². The Balaban J connectivity index is 1.91. The van der Waals surface area contributed by atoms with Crippen molar-refractivity contribution in [3.63, 3.8) is 0 Å². The molecule has 26 heavy (non-hydrogen) atoms. The second-order valence-electron chi connectivity index (χ2n) is 8.15. The Morgan fingerprint density at radius 2 is 1.81 bits per heavy atom. The maximum Gasteiger partial charge on any atom is 0.249 e. The van der Waals surface area contributed by atoms with Gasteiger partial charge in [0.25, 0.3) is 0 Å². The second kappa shape index (κ2) is 7.32. The number of aliphatic hydroxyl groups is 1. The lowest BCUT2D eigenvalue weighted by molar-refractivity contribution is -0.153. The Kier molecular flexibility index (Phi) is 5.73. The quantitative estimate of drug-likeness (QED) is 0.524. The van der Waals surface area contributed by atoms with Gasteiger partial charge in [0.2, 0.25) is 17.7 Å². The molecule has 0 spiro atoms. The number of alkyl halides is 2. The van der Waals surface area contributed by atoms with Crippen LogP contribution in [-0.4, -0.2) is 46.0 Å². The van der Waals surface area contributed by atoms with Gasteiger partial charge < -0.3 is 15.4 Å². The summed E-state index contributed by atoms with van der Waals surface area (Å²) in [6.07, 6.45) is 1.30. The number of hydrogen-bond acceptors (Lipinski definition) is 4. The number of aliphatic hydroxyl groups excluding tert-OH is 1. The van der Waals surface area contributed by atoms with E-state index >= 15 is 0 Å². The number of nitrogens with one attached hydrogen (secondary N) is 2. The summed E-state index contributed by atoms with van der Waals surface area (Å²) >= 11 is 0. The summed E-state index contributed by atoms with van der Waals surface area (Å²) in [5.74, 6) is -4.40. The lowest BCUT2D eigenvalue weighted by Gasteiger charge is -2.42. The smallest absolute Gasteiger partial charge is 0.249 e. The van der Waals surface area contributed by atoms with Crippen LogP contribution in [0, 0.1) is 16.7 Å². The molecule has 3 N–H and O–H groups in total. The molecule has 1 saturated heterocycles. The molecule has 0 aromatic carbocycles. The van der Waals surface area contributed by atoms with Gasteiger partial charge in [-0.15, -0.1) is 0 Å². The van der Waals surface area contributed by atoms with E-state index in [1.807, 2.05) is 0 Å². The van der Waals surface area contributed by atoms with Crippen LogP contribution < -0.4 is 5.32 Å². The molecule has 0 aromatic heterocycles. The molecule has 2 rings (SSSR count). The van der Waals surface area contributed by atoms with Gasteiger partial charge in [0, 0.05) is 42.5 Å². The molecule has 2 amide bonds. The van der Waals surface area contributed by atoms with Crippen molar-refractivity contribution in [3.8, 4) is 0 Å². The third-order valence-corrected chi connectivity index (χ3v) is 5.01. The van der Waals surface area contributed by atoms with Crippen molar-refractivity contribution in [1.82, 2.24) is 10.2 Å². The fourth-order valence-electron chi connectivity index (χ4n) is 3.04. The zero-order chi connectivity index (χ0) is 19.7. The predicted octanol–water partition coefficient (Wildman–Crippen LogP) is 2.99. The molecule has 1 saturated carbocycles. The van der Waals surface area contributed by atoms with E-state index in [0.29, 0.717) is 13.0 Å². The molecule has 1 atom stereocenters. The number of nitrogens with zero attached hydrogens (tertiary/aromatic N) is 1. The zero-order valence-corrected chi connectivity index (χ0v) is 15.4. The average Bonchev–Trinajstić information content (AvgIpc) is 2.44. The van der Waals surface area contributed by atoms with Crippen LogP contribution in [0.1, 0.15) is 52.9 Å². The summed E-state index contributed by atoms with van der Waals surface area (Å²) < 4.78 is 26.5. The van der Waals surface area contributed by atoms with Crippen LogP contribution in [0.25, 0.3) is 0 Å². The average molecular weight is 371 g/mol. The van der Waals surface area contributed by atoms with Crippen molar-refractivity contribution in [2.45, 2.75) is 64.8 Å². The Labute approximate surface area is 152 Å². The lowest BCUT2D eigenvalue weighted by Crippen LogP contribution is -2.59. The third-order valence-electron chi connectivity index (χ3n) is 5.01. The van der Waals surface area contributed by atoms with E-state index in [0.717, 1.165) is 0 Å². The molecular weight excluding hydrogens is 344 g/mol. The van der Waals surface area contributed by atoms with Gasteiger partial charge in [-0.3, -0.25) is 14.9 Å². The largest absolute Gasteiger partial charge is 0.494 e. The summed E-state index contributed by atoms with van der Waals surface area (Å²) in [5.41, 5.74) is -0.319. The molecule has 2 aliphatic rings. The SMILES string of the molecule is CC(C)(C)C(=N)/C=C(\O)NC(=O)[C@@H]1CCN1C(=O)C1CCC(F)(F)CC1. The maximum atomic E-state index is 13.2. The minimum absolute atomic E-state index is 0.130. The molecular formula is C18H27F2N3O3. The maximum absolute atomic E-state index is 13.2. The number of likely N-dealkylation sites (tertiary alicyclic amines) is 1. The van der Waals surface area contributed by atoms with Gasteiger partial charge in [-0.25, -0.2) is 8.78 Å². The summed E-state index contributed by atoms with van der Waals surface area (Å²) in [6.45, 7) is 5.83. The molecule has 0 aromatic rings. The Hall–Kier alpha value is -1.99. The van der Waals surface area contributed by atoms with Crippen LogP contribution in [0.2, 0.25) is 0 Å². The van der Waals surface area contributed by atoms with Gasteiger partial charge in [-0.05, 0) is 19.3 Å². The fourth-order valence-corrected chi connectivity index (χ4v) is 3.04. The molecule has 0 radical (unpaired) electrons. The first kappa shape index (κ1) is 20.3. The van der Waals surface area contributed by atoms with Crippen molar-refractivity contribution >= 4 is 17.5 Å². The summed E-state index contributed by atoms with van der Waals surface area (Å²) in [5, 5.41) is 20.0. The molecule has 8 heteroatoms. The van der Waals surface area contributed by atoms with Gasteiger partial charge in [-0.2, -0.15) is 0 Å². The molecule has 0 unspecified atom stereocenters. The number of hydrogen-bond donors (Lipinski definition) is 3. The molecule has 6 nitrogen and oxygen atoms in total. The molecule has 1 aliphatic heterocycles. The number of halogens is 2. The molecule has 1 aliphatic carbocycles. The topological polar surface area (TPSA) is 93.5 Å². The van der Waals surface area contributed by atoms with Crippen molar-refractivity contribution in [2.75, 3.05) is 6.54 Å². The first-order valence-corrected chi connectivity index (χ1v) is 8.89. The van der Waals surface area contributed by atoms with Crippen LogP contribution in [0.3, 0.4) is 0 Å². The first-order valence-electron chi connectivity index (χ1n) is 8.89. The van der Waals surface area contributed by atoms with Gasteiger partial charge in [0.15, 0.2) is 5.88 Å². The van der Waals surface area contributed by atoms with Crippen molar-refractivity contribution in [1.29, 1.82) is 5.41 Å². The van der Waals surface area contributed by atoms with E-state index < -0.39 is 35.1 Å². The molecule has 1 heterocycles. The van der Waals surface area contributed by atoms with Gasteiger partial charge in [-0.1, -0.05) is 20.8 Å². The number of amides is 2. The highest BCUT2D eigenvalue weighted by atomic mass is 19.3. The van der Waals surface area contributed by atoms with Crippen LogP contribution >= 0.6 is 0 Å². The minimum Gasteiger partial charge on any atom is -0.494 e. The summed E-state index contributed by atoms with van der Waals surface area (Å²) in [4.78, 5) is 26.2. The van der Waals surface area contributed by atoms with Crippen LogP contribution in [0.5, 0.6) is 0 Å². The van der Waals surface area contributed by atoms with E-state index in [1.54, 1.807) is 20.8 Å². The highest BCUT2D eigenvalue weighted by molar-refractivity contribution is 5.97. The zero-order valence-electron chi connectivity index (χ0n) is 15.4. The second-order valence-corrected chi connectivity index (χ2v) is 8.15. The Morgan fingerprint density at radius 3 is 2.27 bits per heavy atom. The monoisotopic (exact) mass is 371 g/mol. The third kappa shape index (κ3) is 4.80. The molecule has 2 fully saturated rings. The van der Waals surface area contributed by atoms with Gasteiger partial charge >= 0.3 is 0 Å². The number of carbonyl (C=O) groups excluding carboxylic acids is 2. The Morgan fingerprint density at radius 1 is 1.23 bits per heavy atom. The van der Waals surface area contributed by atoms with Crippen molar-refractivity contribution in [3.05, 3.63) is 12.0 Å². The van der Waals surface area contributed by atoms with E-state index in [4.69, 9.17) is 5.41 Å². The highest BCUT2D eigenvalue weighted by Gasteiger charge is 2.44. The first-order chi connectivity index (χ1) is 11.9. The lowest BCUT2D eigenvalue weighted by atomic mass is 9.84. The van der Waals surface area contributed by atoms with E-state index in [9.17, 15) is 23.5 Å². The molecule has 146 valence electrons. The van der Waals surface area contributed by atoms with Gasteiger partial charge in [0.1, 0.15) is 6.04 Å². The van der Waals surface area contributed by atoms with E-state index in [2.05, 4.69) is 5.32 Å². The van der Waals surface area contributed by atoms with E-state index in [-0.39, 0.29) is 37.3 Å². The minimum atomic E-state index is -2.70. The van der Waals surface area contributed by atoms with E-state index in [1.165, 1.54) is 11.0 Å². The number of rotatable bonds is 4. The van der Waals surface area contributed by atoms with Crippen LogP contribution in [0.4, 0.5) is 8.78 Å². The fraction of sp³-hybridized carbons (Fsp3) is 0.722. The van der Waals surface area contributed by atoms with Crippen molar-refractivity contribution < 1.29 is 23.5 Å². The summed E-state index contributed by atoms with van der Waals surface area (Å²) in [6, 6.07) is -0.704. The number of carbonyl (C=O) groups is 2. The molecule has 0 bridgehead atoms. The number of allylic oxidation sites excluding steroid dienone is 1. The van der Waals surface area contributed by atoms with Crippen LogP contribution in [0.15, 0.2) is 12.0 Å².